The lowest BCUT2D eigenvalue weighted by Gasteiger charge is -2.07. The van der Waals surface area contributed by atoms with Gasteiger partial charge in [-0.15, -0.1) is 10.2 Å². The van der Waals surface area contributed by atoms with Crippen molar-refractivity contribution in [3.8, 4) is 16.9 Å². The molecule has 4 aromatic rings. The molecule has 0 aliphatic carbocycles. The lowest BCUT2D eigenvalue weighted by molar-refractivity contribution is 0.803. The summed E-state index contributed by atoms with van der Waals surface area (Å²) in [5, 5.41) is 16.0. The first-order valence-corrected chi connectivity index (χ1v) is 8.37. The topological polar surface area (TPSA) is 68.5 Å². The highest BCUT2D eigenvalue weighted by molar-refractivity contribution is 5.62. The summed E-state index contributed by atoms with van der Waals surface area (Å²) >= 11 is 0. The zero-order valence-corrected chi connectivity index (χ0v) is 14.4. The summed E-state index contributed by atoms with van der Waals surface area (Å²) in [6.45, 7) is 2.63. The quantitative estimate of drug-likeness (QED) is 0.600. The zero-order valence-electron chi connectivity index (χ0n) is 14.4. The Hall–Kier alpha value is -3.54. The van der Waals surface area contributed by atoms with Crippen LogP contribution in [0.1, 0.15) is 11.3 Å². The summed E-state index contributed by atoms with van der Waals surface area (Å²) < 4.78 is 1.71. The molecule has 4 rings (SSSR count). The monoisotopic (exact) mass is 342 g/mol. The molecule has 0 spiro atoms. The van der Waals surface area contributed by atoms with E-state index in [1.807, 2.05) is 43.6 Å². The number of nitrogens with one attached hydrogen (secondary N) is 1. The number of aryl methyl sites for hydroxylation is 1. The van der Waals surface area contributed by atoms with Gasteiger partial charge < -0.3 is 5.32 Å². The first-order chi connectivity index (χ1) is 12.8. The van der Waals surface area contributed by atoms with Gasteiger partial charge in [-0.2, -0.15) is 5.10 Å². The number of anilines is 1. The van der Waals surface area contributed by atoms with E-state index in [1.54, 1.807) is 10.9 Å². The Morgan fingerprint density at radius 1 is 0.923 bits per heavy atom. The van der Waals surface area contributed by atoms with Crippen molar-refractivity contribution in [2.24, 2.45) is 0 Å². The van der Waals surface area contributed by atoms with Gasteiger partial charge in [-0.05, 0) is 47.9 Å². The van der Waals surface area contributed by atoms with Crippen LogP contribution in [0.2, 0.25) is 0 Å². The van der Waals surface area contributed by atoms with E-state index in [-0.39, 0.29) is 0 Å². The molecule has 6 nitrogen and oxygen atoms in total. The molecule has 128 valence electrons. The Morgan fingerprint density at radius 3 is 2.46 bits per heavy atom. The van der Waals surface area contributed by atoms with Crippen LogP contribution in [0.5, 0.6) is 0 Å². The van der Waals surface area contributed by atoms with E-state index in [0.717, 1.165) is 22.6 Å². The minimum atomic E-state index is 0.683. The molecule has 0 unspecified atom stereocenters. The molecule has 0 aliphatic rings. The maximum atomic E-state index is 4.33. The zero-order chi connectivity index (χ0) is 17.8. The Balaban J connectivity index is 1.39. The Kier molecular flexibility index (Phi) is 4.38. The fourth-order valence-corrected chi connectivity index (χ4v) is 2.63. The minimum absolute atomic E-state index is 0.683. The predicted octanol–water partition coefficient (Wildman–Crippen LogP) is 3.64. The lowest BCUT2D eigenvalue weighted by Crippen LogP contribution is -2.05. The maximum absolute atomic E-state index is 4.33. The fourth-order valence-electron chi connectivity index (χ4n) is 2.63. The third-order valence-corrected chi connectivity index (χ3v) is 4.03. The first-order valence-electron chi connectivity index (χ1n) is 8.37. The van der Waals surface area contributed by atoms with Crippen LogP contribution in [0.15, 0.2) is 73.2 Å². The van der Waals surface area contributed by atoms with Crippen LogP contribution in [0.25, 0.3) is 16.9 Å². The average molecular weight is 342 g/mol. The molecule has 0 saturated carbocycles. The highest BCUT2D eigenvalue weighted by atomic mass is 15.3. The van der Waals surface area contributed by atoms with Crippen molar-refractivity contribution in [2.45, 2.75) is 13.5 Å². The van der Waals surface area contributed by atoms with Crippen molar-refractivity contribution >= 4 is 5.82 Å². The third kappa shape index (κ3) is 3.59. The van der Waals surface area contributed by atoms with Gasteiger partial charge in [0.25, 0.3) is 0 Å². The number of rotatable bonds is 5. The SMILES string of the molecule is Cc1ccn(-c2ccc(NCc3ccc(-c4cccnc4)cc3)nn2)n1. The number of hydrogen-bond donors (Lipinski definition) is 1. The second kappa shape index (κ2) is 7.14. The molecule has 6 heteroatoms. The van der Waals surface area contributed by atoms with Crippen molar-refractivity contribution in [1.82, 2.24) is 25.0 Å². The number of hydrogen-bond acceptors (Lipinski definition) is 5. The van der Waals surface area contributed by atoms with E-state index in [2.05, 4.69) is 55.9 Å². The Bertz CT molecular complexity index is 975. The summed E-state index contributed by atoms with van der Waals surface area (Å²) in [4.78, 5) is 4.16. The van der Waals surface area contributed by atoms with E-state index < -0.39 is 0 Å². The maximum Gasteiger partial charge on any atom is 0.175 e. The Labute approximate surface area is 151 Å². The van der Waals surface area contributed by atoms with E-state index in [4.69, 9.17) is 0 Å². The van der Waals surface area contributed by atoms with Gasteiger partial charge in [0, 0.05) is 25.1 Å². The second-order valence-corrected chi connectivity index (χ2v) is 5.97. The Morgan fingerprint density at radius 2 is 1.81 bits per heavy atom. The molecular formula is C20H18N6. The molecule has 3 heterocycles. The largest absolute Gasteiger partial charge is 0.365 e. The summed E-state index contributed by atoms with van der Waals surface area (Å²) in [7, 11) is 0. The van der Waals surface area contributed by atoms with Gasteiger partial charge in [0.1, 0.15) is 5.82 Å². The van der Waals surface area contributed by atoms with E-state index >= 15 is 0 Å². The molecular weight excluding hydrogens is 324 g/mol. The normalized spacial score (nSPS) is 10.7. The highest BCUT2D eigenvalue weighted by Crippen LogP contribution is 2.18. The molecule has 0 saturated heterocycles. The van der Waals surface area contributed by atoms with Crippen LogP contribution in [0.4, 0.5) is 5.82 Å². The number of nitrogens with zero attached hydrogens (tertiary/aromatic N) is 5. The van der Waals surface area contributed by atoms with Crippen LogP contribution >= 0.6 is 0 Å². The number of aromatic nitrogens is 5. The molecule has 0 fully saturated rings. The van der Waals surface area contributed by atoms with Crippen molar-refractivity contribution < 1.29 is 0 Å². The van der Waals surface area contributed by atoms with Crippen molar-refractivity contribution in [2.75, 3.05) is 5.32 Å². The van der Waals surface area contributed by atoms with E-state index in [9.17, 15) is 0 Å². The van der Waals surface area contributed by atoms with Crippen LogP contribution < -0.4 is 5.32 Å². The minimum Gasteiger partial charge on any atom is -0.365 e. The van der Waals surface area contributed by atoms with Gasteiger partial charge in [0.05, 0.1) is 5.69 Å². The van der Waals surface area contributed by atoms with Gasteiger partial charge in [0.2, 0.25) is 0 Å². The summed E-state index contributed by atoms with van der Waals surface area (Å²) in [6.07, 6.45) is 5.52. The van der Waals surface area contributed by atoms with Gasteiger partial charge in [-0.25, -0.2) is 4.68 Å². The van der Waals surface area contributed by atoms with Crippen molar-refractivity contribution in [3.05, 3.63) is 84.4 Å². The third-order valence-electron chi connectivity index (χ3n) is 4.03. The lowest BCUT2D eigenvalue weighted by atomic mass is 10.1. The molecule has 0 amide bonds. The molecule has 0 aliphatic heterocycles. The molecule has 26 heavy (non-hydrogen) atoms. The molecule has 0 bridgehead atoms. The number of pyridine rings is 1. The van der Waals surface area contributed by atoms with Gasteiger partial charge >= 0.3 is 0 Å². The summed E-state index contributed by atoms with van der Waals surface area (Å²) in [5.74, 6) is 1.43. The van der Waals surface area contributed by atoms with Crippen LogP contribution in [0.3, 0.4) is 0 Å². The average Bonchev–Trinajstić information content (AvgIpc) is 3.14. The van der Waals surface area contributed by atoms with Crippen LogP contribution in [-0.2, 0) is 6.54 Å². The van der Waals surface area contributed by atoms with Crippen molar-refractivity contribution in [1.29, 1.82) is 0 Å². The summed E-state index contributed by atoms with van der Waals surface area (Å²) in [6, 6.07) is 18.1. The molecule has 1 N–H and O–H groups in total. The first kappa shape index (κ1) is 16.0. The van der Waals surface area contributed by atoms with Gasteiger partial charge in [0.15, 0.2) is 5.82 Å². The predicted molar refractivity (Wildman–Crippen MR) is 101 cm³/mol. The van der Waals surface area contributed by atoms with E-state index in [1.165, 1.54) is 5.56 Å². The molecule has 3 aromatic heterocycles. The van der Waals surface area contributed by atoms with E-state index in [0.29, 0.717) is 12.4 Å². The standard InChI is InChI=1S/C20H18N6/c1-15-10-12-26(25-15)20-9-8-19(23-24-20)22-13-16-4-6-17(7-5-16)18-3-2-11-21-14-18/h2-12,14H,13H2,1H3,(H,22,23). The number of benzene rings is 1. The fraction of sp³-hybridized carbons (Fsp3) is 0.100. The highest BCUT2D eigenvalue weighted by Gasteiger charge is 2.02. The molecule has 1 aromatic carbocycles. The summed E-state index contributed by atoms with van der Waals surface area (Å²) in [5.41, 5.74) is 4.39. The van der Waals surface area contributed by atoms with Gasteiger partial charge in [-0.3, -0.25) is 4.98 Å². The molecule has 0 atom stereocenters. The van der Waals surface area contributed by atoms with Gasteiger partial charge in [-0.1, -0.05) is 30.3 Å². The molecule has 0 radical (unpaired) electrons. The van der Waals surface area contributed by atoms with Crippen LogP contribution in [0, 0.1) is 6.92 Å². The van der Waals surface area contributed by atoms with Crippen molar-refractivity contribution in [3.63, 3.8) is 0 Å². The second-order valence-electron chi connectivity index (χ2n) is 5.97. The smallest absolute Gasteiger partial charge is 0.175 e. The van der Waals surface area contributed by atoms with Crippen LogP contribution in [-0.4, -0.2) is 25.0 Å².